The second kappa shape index (κ2) is 5.62. The van der Waals surface area contributed by atoms with Crippen LogP contribution in [0.25, 0.3) is 0 Å². The maximum atomic E-state index is 12.3. The fourth-order valence-electron chi connectivity index (χ4n) is 1.57. The highest BCUT2D eigenvalue weighted by Crippen LogP contribution is 2.32. The molecule has 0 fully saturated rings. The van der Waals surface area contributed by atoms with Gasteiger partial charge in [-0.05, 0) is 40.5 Å². The van der Waals surface area contributed by atoms with Crippen molar-refractivity contribution in [2.75, 3.05) is 4.72 Å². The third-order valence-electron chi connectivity index (χ3n) is 2.59. The predicted molar refractivity (Wildman–Crippen MR) is 81.9 cm³/mol. The molecule has 7 heteroatoms. The highest BCUT2D eigenvalue weighted by Gasteiger charge is 2.21. The summed E-state index contributed by atoms with van der Waals surface area (Å²) in [6, 6.07) is 8.83. The Morgan fingerprint density at radius 3 is 2.63 bits per heavy atom. The van der Waals surface area contributed by atoms with Crippen LogP contribution in [0.2, 0.25) is 0 Å². The van der Waals surface area contributed by atoms with E-state index >= 15 is 0 Å². The topological polar surface area (TPSA) is 72.2 Å². The van der Waals surface area contributed by atoms with Crippen molar-refractivity contribution in [3.8, 4) is 0 Å². The average Bonchev–Trinajstić information content (AvgIpc) is 2.74. The molecule has 19 heavy (non-hydrogen) atoms. The van der Waals surface area contributed by atoms with Gasteiger partial charge in [-0.1, -0.05) is 18.2 Å². The van der Waals surface area contributed by atoms with Gasteiger partial charge in [-0.25, -0.2) is 8.42 Å². The second-order valence-corrected chi connectivity index (χ2v) is 8.08. The SMILES string of the molecule is Cc1ccccc1NS(=O)(=O)c1cc(CN)sc1Br. The van der Waals surface area contributed by atoms with Crippen molar-refractivity contribution < 1.29 is 8.42 Å². The Morgan fingerprint density at radius 1 is 1.37 bits per heavy atom. The molecule has 0 saturated heterocycles. The maximum Gasteiger partial charge on any atom is 0.263 e. The van der Waals surface area contributed by atoms with E-state index in [4.69, 9.17) is 5.73 Å². The molecule has 102 valence electrons. The summed E-state index contributed by atoms with van der Waals surface area (Å²) in [7, 11) is -3.60. The maximum absolute atomic E-state index is 12.3. The van der Waals surface area contributed by atoms with Crippen molar-refractivity contribution >= 4 is 43.0 Å². The van der Waals surface area contributed by atoms with E-state index in [0.29, 0.717) is 16.0 Å². The summed E-state index contributed by atoms with van der Waals surface area (Å²) in [6.07, 6.45) is 0. The minimum absolute atomic E-state index is 0.223. The molecule has 0 aliphatic heterocycles. The Balaban J connectivity index is 2.38. The standard InChI is InChI=1S/C12H13BrN2O2S2/c1-8-4-2-3-5-10(8)15-19(16,17)11-6-9(7-14)18-12(11)13/h2-6,15H,7,14H2,1H3. The monoisotopic (exact) mass is 360 g/mol. The molecule has 0 amide bonds. The minimum atomic E-state index is -3.60. The van der Waals surface area contributed by atoms with Crippen molar-refractivity contribution in [1.82, 2.24) is 0 Å². The molecule has 2 aromatic rings. The van der Waals surface area contributed by atoms with Crippen LogP contribution in [0.15, 0.2) is 39.0 Å². The molecule has 1 aromatic heterocycles. The van der Waals surface area contributed by atoms with Gasteiger partial charge in [0.2, 0.25) is 0 Å². The Morgan fingerprint density at radius 2 is 2.05 bits per heavy atom. The number of anilines is 1. The molecule has 0 aliphatic carbocycles. The lowest BCUT2D eigenvalue weighted by Crippen LogP contribution is -2.13. The summed E-state index contributed by atoms with van der Waals surface area (Å²) < 4.78 is 27.8. The molecular formula is C12H13BrN2O2S2. The lowest BCUT2D eigenvalue weighted by Gasteiger charge is -2.09. The molecular weight excluding hydrogens is 348 g/mol. The number of hydrogen-bond donors (Lipinski definition) is 2. The van der Waals surface area contributed by atoms with E-state index in [1.54, 1.807) is 18.2 Å². The second-order valence-electron chi connectivity index (χ2n) is 3.98. The van der Waals surface area contributed by atoms with Crippen LogP contribution in [0.3, 0.4) is 0 Å². The van der Waals surface area contributed by atoms with Crippen LogP contribution < -0.4 is 10.5 Å². The lowest BCUT2D eigenvalue weighted by atomic mass is 10.2. The van der Waals surface area contributed by atoms with Crippen LogP contribution in [0.5, 0.6) is 0 Å². The molecule has 0 aliphatic rings. The van der Waals surface area contributed by atoms with Crippen molar-refractivity contribution in [3.05, 3.63) is 44.6 Å². The molecule has 0 atom stereocenters. The number of rotatable bonds is 4. The summed E-state index contributed by atoms with van der Waals surface area (Å²) in [5.74, 6) is 0. The first-order chi connectivity index (χ1) is 8.94. The van der Waals surface area contributed by atoms with E-state index in [1.165, 1.54) is 11.3 Å². The zero-order valence-corrected chi connectivity index (χ0v) is 13.4. The van der Waals surface area contributed by atoms with Gasteiger partial charge in [0.15, 0.2) is 0 Å². The van der Waals surface area contributed by atoms with Gasteiger partial charge in [0.05, 0.1) is 9.47 Å². The van der Waals surface area contributed by atoms with Gasteiger partial charge in [0, 0.05) is 11.4 Å². The van der Waals surface area contributed by atoms with Crippen molar-refractivity contribution in [3.63, 3.8) is 0 Å². The van der Waals surface area contributed by atoms with Gasteiger partial charge in [-0.2, -0.15) is 0 Å². The van der Waals surface area contributed by atoms with E-state index in [-0.39, 0.29) is 4.90 Å². The number of nitrogens with two attached hydrogens (primary N) is 1. The average molecular weight is 361 g/mol. The van der Waals surface area contributed by atoms with E-state index < -0.39 is 10.0 Å². The highest BCUT2D eigenvalue weighted by molar-refractivity contribution is 9.11. The first-order valence-corrected chi connectivity index (χ1v) is 8.60. The van der Waals surface area contributed by atoms with Gasteiger partial charge in [0.25, 0.3) is 10.0 Å². The van der Waals surface area contributed by atoms with E-state index in [9.17, 15) is 8.42 Å². The number of nitrogens with one attached hydrogen (secondary N) is 1. The first-order valence-electron chi connectivity index (χ1n) is 5.51. The summed E-state index contributed by atoms with van der Waals surface area (Å²) in [5.41, 5.74) is 6.98. The fourth-order valence-corrected chi connectivity index (χ4v) is 5.26. The first kappa shape index (κ1) is 14.5. The number of halogens is 1. The van der Waals surface area contributed by atoms with Gasteiger partial charge < -0.3 is 5.73 Å². The Kier molecular flexibility index (Phi) is 4.29. The molecule has 4 nitrogen and oxygen atoms in total. The fraction of sp³-hybridized carbons (Fsp3) is 0.167. The molecule has 1 heterocycles. The number of sulfonamides is 1. The molecule has 2 rings (SSSR count). The number of para-hydroxylation sites is 1. The van der Waals surface area contributed by atoms with Crippen molar-refractivity contribution in [2.24, 2.45) is 5.73 Å². The van der Waals surface area contributed by atoms with Crippen LogP contribution >= 0.6 is 27.3 Å². The summed E-state index contributed by atoms with van der Waals surface area (Å²) in [4.78, 5) is 1.04. The number of aryl methyl sites for hydroxylation is 1. The number of hydrogen-bond acceptors (Lipinski definition) is 4. The van der Waals surface area contributed by atoms with Crippen molar-refractivity contribution in [2.45, 2.75) is 18.4 Å². The highest BCUT2D eigenvalue weighted by atomic mass is 79.9. The van der Waals surface area contributed by atoms with Crippen LogP contribution in [-0.4, -0.2) is 8.42 Å². The predicted octanol–water partition coefficient (Wildman–Crippen LogP) is 3.08. The molecule has 0 radical (unpaired) electrons. The largest absolute Gasteiger partial charge is 0.326 e. The summed E-state index contributed by atoms with van der Waals surface area (Å²) in [6.45, 7) is 2.18. The molecule has 0 saturated carbocycles. The van der Waals surface area contributed by atoms with Gasteiger partial charge in [0.1, 0.15) is 4.90 Å². The van der Waals surface area contributed by atoms with Crippen molar-refractivity contribution in [1.29, 1.82) is 0 Å². The number of benzene rings is 1. The van der Waals surface area contributed by atoms with Crippen LogP contribution in [-0.2, 0) is 16.6 Å². The van der Waals surface area contributed by atoms with E-state index in [2.05, 4.69) is 20.7 Å². The van der Waals surface area contributed by atoms with Crippen LogP contribution in [0, 0.1) is 6.92 Å². The van der Waals surface area contributed by atoms with Crippen LogP contribution in [0.1, 0.15) is 10.4 Å². The third-order valence-corrected chi connectivity index (χ3v) is 6.23. The Labute approximate surface area is 124 Å². The Hall–Kier alpha value is -0.890. The minimum Gasteiger partial charge on any atom is -0.326 e. The molecule has 0 unspecified atom stereocenters. The summed E-state index contributed by atoms with van der Waals surface area (Å²) in [5, 5.41) is 0. The molecule has 0 bridgehead atoms. The van der Waals surface area contributed by atoms with E-state index in [1.807, 2.05) is 19.1 Å². The molecule has 0 spiro atoms. The zero-order valence-electron chi connectivity index (χ0n) is 10.2. The van der Waals surface area contributed by atoms with Crippen LogP contribution in [0.4, 0.5) is 5.69 Å². The van der Waals surface area contributed by atoms with Gasteiger partial charge >= 0.3 is 0 Å². The number of thiophene rings is 1. The third kappa shape index (κ3) is 3.17. The van der Waals surface area contributed by atoms with E-state index in [0.717, 1.165) is 10.4 Å². The summed E-state index contributed by atoms with van der Waals surface area (Å²) >= 11 is 4.60. The molecule has 3 N–H and O–H groups in total. The Bertz CT molecular complexity index is 696. The smallest absolute Gasteiger partial charge is 0.263 e. The quantitative estimate of drug-likeness (QED) is 0.879. The van der Waals surface area contributed by atoms with Gasteiger partial charge in [-0.3, -0.25) is 4.72 Å². The normalized spacial score (nSPS) is 11.5. The van der Waals surface area contributed by atoms with Gasteiger partial charge in [-0.15, -0.1) is 11.3 Å². The lowest BCUT2D eigenvalue weighted by molar-refractivity contribution is 0.601. The molecule has 1 aromatic carbocycles. The zero-order chi connectivity index (χ0) is 14.0.